The van der Waals surface area contributed by atoms with Crippen molar-refractivity contribution < 1.29 is 4.79 Å². The average Bonchev–Trinajstić information content (AvgIpc) is 3.05. The summed E-state index contributed by atoms with van der Waals surface area (Å²) < 4.78 is 0. The Morgan fingerprint density at radius 1 is 1.38 bits per heavy atom. The van der Waals surface area contributed by atoms with E-state index in [9.17, 15) is 4.79 Å². The summed E-state index contributed by atoms with van der Waals surface area (Å²) in [7, 11) is 0. The number of thiazole rings is 1. The van der Waals surface area contributed by atoms with Gasteiger partial charge in [-0.3, -0.25) is 9.78 Å². The molecule has 0 aliphatic carbocycles. The molecule has 2 aromatic rings. The van der Waals surface area contributed by atoms with Crippen LogP contribution in [0.15, 0.2) is 30.7 Å². The lowest BCUT2D eigenvalue weighted by Gasteiger charge is -2.20. The molecule has 130 valence electrons. The molecule has 24 heavy (non-hydrogen) atoms. The van der Waals surface area contributed by atoms with Crippen LogP contribution in [0.1, 0.15) is 29.2 Å². The zero-order valence-corrected chi connectivity index (χ0v) is 15.7. The van der Waals surface area contributed by atoms with Crippen LogP contribution in [-0.4, -0.2) is 34.7 Å². The second kappa shape index (κ2) is 9.98. The van der Waals surface area contributed by atoms with Gasteiger partial charge in [0.2, 0.25) is 5.91 Å². The predicted octanol–water partition coefficient (Wildman–Crippen LogP) is 3.30. The van der Waals surface area contributed by atoms with Crippen LogP contribution >= 0.6 is 35.5 Å². The molecular formula is C16H21ClN4OS2. The lowest BCUT2D eigenvalue weighted by Crippen LogP contribution is -2.26. The van der Waals surface area contributed by atoms with Crippen LogP contribution in [0.4, 0.5) is 5.13 Å². The highest BCUT2D eigenvalue weighted by atomic mass is 35.5. The Hall–Kier alpha value is -1.15. The zero-order chi connectivity index (χ0) is 15.9. The number of halogens is 1. The van der Waals surface area contributed by atoms with E-state index in [2.05, 4.69) is 20.6 Å². The molecule has 2 aromatic heterocycles. The summed E-state index contributed by atoms with van der Waals surface area (Å²) in [5.74, 6) is 1.81. The third-order valence-corrected chi connectivity index (χ3v) is 5.82. The van der Waals surface area contributed by atoms with Crippen LogP contribution in [0.5, 0.6) is 0 Å². The van der Waals surface area contributed by atoms with Gasteiger partial charge in [0.1, 0.15) is 0 Å². The Kier molecular flexibility index (Phi) is 7.98. The first-order valence-corrected chi connectivity index (χ1v) is 9.71. The number of hydrogen-bond donors (Lipinski definition) is 2. The zero-order valence-electron chi connectivity index (χ0n) is 13.2. The number of carbonyl (C=O) groups excluding carboxylic acids is 1. The largest absolute Gasteiger partial charge is 0.317 e. The minimum Gasteiger partial charge on any atom is -0.317 e. The predicted molar refractivity (Wildman–Crippen MR) is 103 cm³/mol. The van der Waals surface area contributed by atoms with E-state index in [0.717, 1.165) is 37.2 Å². The second-order valence-corrected chi connectivity index (χ2v) is 7.54. The summed E-state index contributed by atoms with van der Waals surface area (Å²) in [5, 5.41) is 6.98. The van der Waals surface area contributed by atoms with Gasteiger partial charge in [-0.2, -0.15) is 0 Å². The quantitative estimate of drug-likeness (QED) is 0.799. The Bertz CT molecular complexity index is 632. The minimum absolute atomic E-state index is 0. The third-order valence-electron chi connectivity index (χ3n) is 3.74. The molecule has 0 radical (unpaired) electrons. The Balaban J connectivity index is 0.00000208. The van der Waals surface area contributed by atoms with E-state index < -0.39 is 0 Å². The first-order chi connectivity index (χ1) is 11.3. The lowest BCUT2D eigenvalue weighted by atomic mass is 9.97. The smallest absolute Gasteiger partial charge is 0.236 e. The normalized spacial score (nSPS) is 14.8. The maximum absolute atomic E-state index is 12.0. The lowest BCUT2D eigenvalue weighted by molar-refractivity contribution is -0.113. The number of carbonyl (C=O) groups is 1. The summed E-state index contributed by atoms with van der Waals surface area (Å²) in [5.41, 5.74) is 1.13. The summed E-state index contributed by atoms with van der Waals surface area (Å²) in [6.45, 7) is 2.13. The van der Waals surface area contributed by atoms with Crippen molar-refractivity contribution >= 4 is 46.5 Å². The SMILES string of the molecule is Cl.O=C(CSCc1cccnc1)Nc1ncc(C2CCNCC2)s1. The number of nitrogens with one attached hydrogen (secondary N) is 2. The molecule has 0 saturated carbocycles. The van der Waals surface area contributed by atoms with Crippen molar-refractivity contribution in [3.63, 3.8) is 0 Å². The molecule has 1 aliphatic rings. The van der Waals surface area contributed by atoms with Crippen LogP contribution in [-0.2, 0) is 10.5 Å². The molecule has 5 nitrogen and oxygen atoms in total. The van der Waals surface area contributed by atoms with E-state index in [4.69, 9.17) is 0 Å². The van der Waals surface area contributed by atoms with Crippen molar-refractivity contribution in [3.8, 4) is 0 Å². The molecule has 0 spiro atoms. The number of nitrogens with zero attached hydrogens (tertiary/aromatic N) is 2. The highest BCUT2D eigenvalue weighted by Crippen LogP contribution is 2.31. The van der Waals surface area contributed by atoms with Gasteiger partial charge in [0, 0.05) is 29.2 Å². The van der Waals surface area contributed by atoms with Gasteiger partial charge >= 0.3 is 0 Å². The van der Waals surface area contributed by atoms with E-state index in [0.29, 0.717) is 16.8 Å². The number of hydrogen-bond acceptors (Lipinski definition) is 6. The fourth-order valence-corrected chi connectivity index (χ4v) is 4.31. The number of amides is 1. The van der Waals surface area contributed by atoms with Crippen LogP contribution in [0.3, 0.4) is 0 Å². The fraction of sp³-hybridized carbons (Fsp3) is 0.438. The first-order valence-electron chi connectivity index (χ1n) is 7.74. The summed E-state index contributed by atoms with van der Waals surface area (Å²) in [6.07, 6.45) is 7.80. The van der Waals surface area contributed by atoms with Gasteiger partial charge in [0.05, 0.1) is 5.75 Å². The van der Waals surface area contributed by atoms with Crippen LogP contribution in [0.25, 0.3) is 0 Å². The van der Waals surface area contributed by atoms with Crippen LogP contribution < -0.4 is 10.6 Å². The van der Waals surface area contributed by atoms with E-state index in [1.165, 1.54) is 4.88 Å². The van der Waals surface area contributed by atoms with E-state index in [-0.39, 0.29) is 18.3 Å². The van der Waals surface area contributed by atoms with Crippen molar-refractivity contribution in [2.24, 2.45) is 0 Å². The molecule has 8 heteroatoms. The van der Waals surface area contributed by atoms with Gasteiger partial charge in [-0.1, -0.05) is 6.07 Å². The monoisotopic (exact) mass is 384 g/mol. The van der Waals surface area contributed by atoms with Crippen molar-refractivity contribution in [3.05, 3.63) is 41.2 Å². The molecule has 1 fully saturated rings. The molecule has 1 amide bonds. The van der Waals surface area contributed by atoms with Gasteiger partial charge in [-0.25, -0.2) is 4.98 Å². The topological polar surface area (TPSA) is 66.9 Å². The van der Waals surface area contributed by atoms with Gasteiger partial charge in [-0.15, -0.1) is 35.5 Å². The minimum atomic E-state index is 0. The molecule has 0 bridgehead atoms. The van der Waals surface area contributed by atoms with Gasteiger partial charge in [0.15, 0.2) is 5.13 Å². The van der Waals surface area contributed by atoms with E-state index >= 15 is 0 Å². The number of rotatable bonds is 6. The van der Waals surface area contributed by atoms with Crippen LogP contribution in [0, 0.1) is 0 Å². The number of piperidine rings is 1. The Labute approximate surface area is 156 Å². The molecular weight excluding hydrogens is 364 g/mol. The molecule has 1 aliphatic heterocycles. The Morgan fingerprint density at radius 2 is 2.21 bits per heavy atom. The Morgan fingerprint density at radius 3 is 2.96 bits per heavy atom. The highest BCUT2D eigenvalue weighted by molar-refractivity contribution is 7.99. The average molecular weight is 385 g/mol. The highest BCUT2D eigenvalue weighted by Gasteiger charge is 2.18. The van der Waals surface area contributed by atoms with Crippen molar-refractivity contribution in [1.82, 2.24) is 15.3 Å². The van der Waals surface area contributed by atoms with Gasteiger partial charge < -0.3 is 10.6 Å². The number of aromatic nitrogens is 2. The molecule has 0 unspecified atom stereocenters. The maximum atomic E-state index is 12.0. The van der Waals surface area contributed by atoms with Gasteiger partial charge in [-0.05, 0) is 43.5 Å². The van der Waals surface area contributed by atoms with Crippen LogP contribution in [0.2, 0.25) is 0 Å². The first kappa shape index (κ1) is 19.2. The van der Waals surface area contributed by atoms with E-state index in [1.54, 1.807) is 29.3 Å². The third kappa shape index (κ3) is 5.73. The number of anilines is 1. The van der Waals surface area contributed by atoms with Gasteiger partial charge in [0.25, 0.3) is 0 Å². The van der Waals surface area contributed by atoms with Crippen molar-refractivity contribution in [1.29, 1.82) is 0 Å². The summed E-state index contributed by atoms with van der Waals surface area (Å²) in [4.78, 5) is 21.7. The fourth-order valence-electron chi connectivity index (χ4n) is 2.54. The maximum Gasteiger partial charge on any atom is 0.236 e. The molecule has 3 rings (SSSR count). The molecule has 0 atom stereocenters. The molecule has 2 N–H and O–H groups in total. The summed E-state index contributed by atoms with van der Waals surface area (Å²) >= 11 is 3.19. The summed E-state index contributed by atoms with van der Waals surface area (Å²) in [6, 6.07) is 3.93. The van der Waals surface area contributed by atoms with Crippen molar-refractivity contribution in [2.75, 3.05) is 24.2 Å². The van der Waals surface area contributed by atoms with E-state index in [1.807, 2.05) is 24.5 Å². The molecule has 0 aromatic carbocycles. The van der Waals surface area contributed by atoms with Crippen molar-refractivity contribution in [2.45, 2.75) is 24.5 Å². The standard InChI is InChI=1S/C16H20N4OS2.ClH/c21-15(11-22-10-12-2-1-5-18-8-12)20-16-19-9-14(23-16)13-3-6-17-7-4-13;/h1-2,5,8-9,13,17H,3-4,6-7,10-11H2,(H,19,20,21);1H. The second-order valence-electron chi connectivity index (χ2n) is 5.49. The number of thioether (sulfide) groups is 1. The molecule has 3 heterocycles. The number of pyridine rings is 1. The molecule has 1 saturated heterocycles.